The summed E-state index contributed by atoms with van der Waals surface area (Å²) in [6, 6.07) is 7.39. The number of nitro groups is 1. The van der Waals surface area contributed by atoms with Gasteiger partial charge in [0.1, 0.15) is 5.15 Å². The van der Waals surface area contributed by atoms with Crippen LogP contribution in [-0.4, -0.2) is 19.5 Å². The molecule has 0 saturated heterocycles. The van der Waals surface area contributed by atoms with E-state index in [2.05, 4.69) is 9.97 Å². The first-order valence-electron chi connectivity index (χ1n) is 6.28. The summed E-state index contributed by atoms with van der Waals surface area (Å²) in [5.74, 6) is 0. The van der Waals surface area contributed by atoms with Gasteiger partial charge < -0.3 is 0 Å². The Kier molecular flexibility index (Phi) is 3.56. The summed E-state index contributed by atoms with van der Waals surface area (Å²) in [6.45, 7) is 0.295. The van der Waals surface area contributed by atoms with Gasteiger partial charge in [-0.1, -0.05) is 17.7 Å². The molecule has 0 aliphatic heterocycles. The number of rotatable bonds is 3. The average molecular weight is 317 g/mol. The predicted octanol–water partition coefficient (Wildman–Crippen LogP) is 2.40. The molecule has 0 amide bonds. The smallest absolute Gasteiger partial charge is 0.271 e. The number of benzene rings is 1. The summed E-state index contributed by atoms with van der Waals surface area (Å²) >= 11 is 5.72. The highest BCUT2D eigenvalue weighted by Crippen LogP contribution is 2.16. The summed E-state index contributed by atoms with van der Waals surface area (Å²) in [5, 5.41) is 11.4. The van der Waals surface area contributed by atoms with Gasteiger partial charge in [0.15, 0.2) is 0 Å². The Morgan fingerprint density at radius 2 is 2.05 bits per heavy atom. The highest BCUT2D eigenvalue weighted by Gasteiger charge is 2.10. The van der Waals surface area contributed by atoms with Crippen LogP contribution in [0, 0.1) is 10.1 Å². The van der Waals surface area contributed by atoms with Crippen molar-refractivity contribution in [2.24, 2.45) is 0 Å². The number of fused-ring (bicyclic) bond motifs is 1. The molecule has 0 N–H and O–H groups in total. The molecule has 3 rings (SSSR count). The lowest BCUT2D eigenvalue weighted by atomic mass is 10.2. The summed E-state index contributed by atoms with van der Waals surface area (Å²) in [4.78, 5) is 30.7. The molecule has 22 heavy (non-hydrogen) atoms. The molecular formula is C14H9ClN4O3. The van der Waals surface area contributed by atoms with E-state index in [4.69, 9.17) is 11.6 Å². The van der Waals surface area contributed by atoms with Crippen LogP contribution < -0.4 is 5.56 Å². The Labute approximate surface area is 129 Å². The third-order valence-electron chi connectivity index (χ3n) is 3.16. The van der Waals surface area contributed by atoms with Crippen LogP contribution in [0.25, 0.3) is 10.9 Å². The third kappa shape index (κ3) is 2.66. The number of hydrogen-bond donors (Lipinski definition) is 0. The maximum Gasteiger partial charge on any atom is 0.271 e. The Morgan fingerprint density at radius 3 is 2.73 bits per heavy atom. The average Bonchev–Trinajstić information content (AvgIpc) is 2.52. The van der Waals surface area contributed by atoms with E-state index in [-0.39, 0.29) is 11.2 Å². The van der Waals surface area contributed by atoms with E-state index in [0.717, 1.165) is 5.56 Å². The van der Waals surface area contributed by atoms with Crippen molar-refractivity contribution in [2.45, 2.75) is 6.54 Å². The summed E-state index contributed by atoms with van der Waals surface area (Å²) in [5.41, 5.74) is 0.730. The first-order chi connectivity index (χ1) is 10.5. The molecule has 0 fully saturated rings. The Morgan fingerprint density at radius 1 is 1.23 bits per heavy atom. The standard InChI is InChI=1S/C14H9ClN4O3/c15-13-4-1-9(6-16-13)7-18-8-17-12-5-10(19(21)22)2-3-11(12)14(18)20/h1-6,8H,7H2. The van der Waals surface area contributed by atoms with Gasteiger partial charge in [0.25, 0.3) is 11.2 Å². The zero-order valence-corrected chi connectivity index (χ0v) is 11.9. The quantitative estimate of drug-likeness (QED) is 0.420. The molecule has 3 aromatic rings. The van der Waals surface area contributed by atoms with Crippen molar-refractivity contribution in [2.75, 3.05) is 0 Å². The fourth-order valence-electron chi connectivity index (χ4n) is 2.07. The van der Waals surface area contributed by atoms with E-state index >= 15 is 0 Å². The predicted molar refractivity (Wildman–Crippen MR) is 81.0 cm³/mol. The van der Waals surface area contributed by atoms with Gasteiger partial charge in [0.2, 0.25) is 0 Å². The topological polar surface area (TPSA) is 90.9 Å². The van der Waals surface area contributed by atoms with Gasteiger partial charge in [-0.3, -0.25) is 19.5 Å². The van der Waals surface area contributed by atoms with Crippen molar-refractivity contribution < 1.29 is 4.92 Å². The van der Waals surface area contributed by atoms with Crippen molar-refractivity contribution in [1.82, 2.24) is 14.5 Å². The van der Waals surface area contributed by atoms with E-state index < -0.39 is 4.92 Å². The molecular weight excluding hydrogens is 308 g/mol. The minimum absolute atomic E-state index is 0.0981. The number of hydrogen-bond acceptors (Lipinski definition) is 5. The van der Waals surface area contributed by atoms with Crippen molar-refractivity contribution in [1.29, 1.82) is 0 Å². The van der Waals surface area contributed by atoms with E-state index in [1.807, 2.05) is 0 Å². The zero-order chi connectivity index (χ0) is 15.7. The first-order valence-corrected chi connectivity index (χ1v) is 6.66. The molecule has 0 spiro atoms. The van der Waals surface area contributed by atoms with E-state index in [1.54, 1.807) is 18.3 Å². The molecule has 110 valence electrons. The molecule has 0 bridgehead atoms. The molecule has 0 saturated carbocycles. The fraction of sp³-hybridized carbons (Fsp3) is 0.0714. The van der Waals surface area contributed by atoms with Gasteiger partial charge >= 0.3 is 0 Å². The van der Waals surface area contributed by atoms with E-state index in [0.29, 0.717) is 22.6 Å². The molecule has 1 aromatic carbocycles. The second-order valence-corrected chi connectivity index (χ2v) is 5.01. The number of halogens is 1. The number of nitro benzene ring substituents is 1. The van der Waals surface area contributed by atoms with Gasteiger partial charge in [-0.05, 0) is 17.7 Å². The van der Waals surface area contributed by atoms with E-state index in [1.165, 1.54) is 29.1 Å². The van der Waals surface area contributed by atoms with E-state index in [9.17, 15) is 14.9 Å². The molecule has 8 heteroatoms. The highest BCUT2D eigenvalue weighted by atomic mass is 35.5. The molecule has 0 unspecified atom stereocenters. The van der Waals surface area contributed by atoms with Crippen LogP contribution in [-0.2, 0) is 6.54 Å². The maximum absolute atomic E-state index is 12.4. The Balaban J connectivity index is 2.03. The normalized spacial score (nSPS) is 10.8. The fourth-order valence-corrected chi connectivity index (χ4v) is 2.18. The Bertz CT molecular complexity index is 922. The molecule has 0 radical (unpaired) electrons. The van der Waals surface area contributed by atoms with Crippen LogP contribution in [0.4, 0.5) is 5.69 Å². The number of nitrogens with zero attached hydrogens (tertiary/aromatic N) is 4. The zero-order valence-electron chi connectivity index (χ0n) is 11.1. The number of aromatic nitrogens is 3. The maximum atomic E-state index is 12.4. The van der Waals surface area contributed by atoms with Crippen molar-refractivity contribution >= 4 is 28.2 Å². The lowest BCUT2D eigenvalue weighted by molar-refractivity contribution is -0.384. The minimum Gasteiger partial charge on any atom is -0.294 e. The number of pyridine rings is 1. The van der Waals surface area contributed by atoms with Gasteiger partial charge in [-0.25, -0.2) is 9.97 Å². The lowest BCUT2D eigenvalue weighted by Crippen LogP contribution is -2.21. The SMILES string of the molecule is O=c1c2ccc([N+](=O)[O-])cc2ncn1Cc1ccc(Cl)nc1. The van der Waals surface area contributed by atoms with Crippen LogP contribution in [0.15, 0.2) is 47.7 Å². The van der Waals surface area contributed by atoms with Crippen LogP contribution in [0.3, 0.4) is 0 Å². The molecule has 7 nitrogen and oxygen atoms in total. The highest BCUT2D eigenvalue weighted by molar-refractivity contribution is 6.29. The van der Waals surface area contributed by atoms with Crippen LogP contribution in [0.1, 0.15) is 5.56 Å². The largest absolute Gasteiger partial charge is 0.294 e. The monoisotopic (exact) mass is 316 g/mol. The van der Waals surface area contributed by atoms with Gasteiger partial charge in [0.05, 0.1) is 28.7 Å². The van der Waals surface area contributed by atoms with Crippen LogP contribution in [0.5, 0.6) is 0 Å². The molecule has 2 heterocycles. The minimum atomic E-state index is -0.522. The number of non-ortho nitro benzene ring substituents is 1. The second-order valence-electron chi connectivity index (χ2n) is 4.63. The lowest BCUT2D eigenvalue weighted by Gasteiger charge is -2.06. The second kappa shape index (κ2) is 5.53. The van der Waals surface area contributed by atoms with Gasteiger partial charge in [0, 0.05) is 18.3 Å². The molecule has 0 atom stereocenters. The van der Waals surface area contributed by atoms with Crippen LogP contribution >= 0.6 is 11.6 Å². The molecule has 0 aliphatic carbocycles. The first kappa shape index (κ1) is 14.2. The Hall–Kier alpha value is -2.80. The van der Waals surface area contributed by atoms with Gasteiger partial charge in [-0.2, -0.15) is 0 Å². The summed E-state index contributed by atoms with van der Waals surface area (Å²) in [7, 11) is 0. The van der Waals surface area contributed by atoms with Crippen molar-refractivity contribution in [3.63, 3.8) is 0 Å². The molecule has 2 aromatic heterocycles. The van der Waals surface area contributed by atoms with Crippen molar-refractivity contribution in [3.05, 3.63) is 74.0 Å². The molecule has 0 aliphatic rings. The van der Waals surface area contributed by atoms with Crippen LogP contribution in [0.2, 0.25) is 5.15 Å². The third-order valence-corrected chi connectivity index (χ3v) is 3.38. The summed E-state index contributed by atoms with van der Waals surface area (Å²) < 4.78 is 1.42. The summed E-state index contributed by atoms with van der Waals surface area (Å²) in [6.07, 6.45) is 2.94. The van der Waals surface area contributed by atoms with Gasteiger partial charge in [-0.15, -0.1) is 0 Å². The van der Waals surface area contributed by atoms with Crippen molar-refractivity contribution in [3.8, 4) is 0 Å².